The Balaban J connectivity index is 2.38. The summed E-state index contributed by atoms with van der Waals surface area (Å²) in [6, 6.07) is 0. The first-order valence-corrected chi connectivity index (χ1v) is 8.65. The van der Waals surface area contributed by atoms with Gasteiger partial charge in [-0.3, -0.25) is 0 Å². The Morgan fingerprint density at radius 1 is 1.44 bits per heavy atom. The Morgan fingerprint density at radius 2 is 2.11 bits per heavy atom. The van der Waals surface area contributed by atoms with Crippen molar-refractivity contribution in [3.63, 3.8) is 0 Å². The molecule has 1 aromatic heterocycles. The highest BCUT2D eigenvalue weighted by Crippen LogP contribution is 2.33. The van der Waals surface area contributed by atoms with Gasteiger partial charge in [0.05, 0.1) is 0 Å². The number of aryl methyl sites for hydroxylation is 1. The fourth-order valence-corrected chi connectivity index (χ4v) is 5.84. The molecule has 1 aliphatic heterocycles. The molecule has 0 aliphatic carbocycles. The molecule has 0 spiro atoms. The second-order valence-corrected chi connectivity index (χ2v) is 9.16. The molecule has 1 aromatic rings. The Kier molecular flexibility index (Phi) is 3.79. The van der Waals surface area contributed by atoms with Crippen molar-refractivity contribution < 1.29 is 8.42 Å². The van der Waals surface area contributed by atoms with Gasteiger partial charge in [-0.25, -0.2) is 13.1 Å². The highest BCUT2D eigenvalue weighted by molar-refractivity contribution is 9.10. The molecule has 0 saturated carbocycles. The van der Waals surface area contributed by atoms with E-state index in [1.165, 1.54) is 8.99 Å². The van der Waals surface area contributed by atoms with E-state index in [1.807, 2.05) is 0 Å². The number of thioether (sulfide) groups is 1. The molecule has 1 saturated heterocycles. The van der Waals surface area contributed by atoms with Gasteiger partial charge >= 0.3 is 0 Å². The summed E-state index contributed by atoms with van der Waals surface area (Å²) in [5, 5.41) is 7.57. The van der Waals surface area contributed by atoms with Crippen LogP contribution in [-0.4, -0.2) is 51.3 Å². The minimum absolute atomic E-state index is 0.0657. The Morgan fingerprint density at radius 3 is 2.61 bits per heavy atom. The van der Waals surface area contributed by atoms with E-state index in [2.05, 4.69) is 40.1 Å². The molecular formula is C9H15BrN4O2S2. The second kappa shape index (κ2) is 4.77. The van der Waals surface area contributed by atoms with Crippen LogP contribution in [0.5, 0.6) is 0 Å². The lowest BCUT2D eigenvalue weighted by molar-refractivity contribution is 0.383. The molecule has 2 rings (SSSR count). The minimum atomic E-state index is -3.54. The van der Waals surface area contributed by atoms with Crippen molar-refractivity contribution in [3.05, 3.63) is 4.60 Å². The van der Waals surface area contributed by atoms with Gasteiger partial charge < -0.3 is 0 Å². The Bertz CT molecular complexity index is 535. The molecule has 9 heteroatoms. The molecule has 1 aliphatic rings. The van der Waals surface area contributed by atoms with Crippen LogP contribution in [0.1, 0.15) is 13.8 Å². The molecule has 2 heterocycles. The monoisotopic (exact) mass is 354 g/mol. The molecule has 0 unspecified atom stereocenters. The van der Waals surface area contributed by atoms with E-state index in [9.17, 15) is 8.42 Å². The van der Waals surface area contributed by atoms with E-state index in [4.69, 9.17) is 0 Å². The number of sulfonamides is 1. The predicted molar refractivity (Wildman–Crippen MR) is 74.0 cm³/mol. The number of hydrogen-bond acceptors (Lipinski definition) is 5. The topological polar surface area (TPSA) is 68.1 Å². The largest absolute Gasteiger partial charge is 0.263 e. The summed E-state index contributed by atoms with van der Waals surface area (Å²) < 4.78 is 28.1. The number of halogens is 1. The Hall–Kier alpha value is -0.120. The minimum Gasteiger partial charge on any atom is -0.235 e. The van der Waals surface area contributed by atoms with Gasteiger partial charge in [-0.05, 0) is 29.8 Å². The third-order valence-electron chi connectivity index (χ3n) is 2.71. The predicted octanol–water partition coefficient (Wildman–Crippen LogP) is 1.09. The van der Waals surface area contributed by atoms with Crippen molar-refractivity contribution in [2.24, 2.45) is 7.05 Å². The second-order valence-electron chi connectivity index (χ2n) is 4.76. The zero-order valence-corrected chi connectivity index (χ0v) is 13.6. The smallest absolute Gasteiger partial charge is 0.235 e. The van der Waals surface area contributed by atoms with Crippen molar-refractivity contribution >= 4 is 37.7 Å². The van der Waals surface area contributed by atoms with E-state index in [-0.39, 0.29) is 14.4 Å². The number of aromatic nitrogens is 3. The zero-order chi connectivity index (χ0) is 13.6. The van der Waals surface area contributed by atoms with Gasteiger partial charge in [0.2, 0.25) is 5.03 Å². The highest BCUT2D eigenvalue weighted by Gasteiger charge is 2.37. The van der Waals surface area contributed by atoms with Crippen LogP contribution in [0.2, 0.25) is 0 Å². The molecule has 0 atom stereocenters. The van der Waals surface area contributed by atoms with E-state index in [1.54, 1.807) is 18.8 Å². The molecule has 6 nitrogen and oxygen atoms in total. The SMILES string of the molecule is Cn1nnc(Br)c1S(=O)(=O)N1CCSC(C)(C)C1. The molecule has 102 valence electrons. The molecular weight excluding hydrogens is 340 g/mol. The summed E-state index contributed by atoms with van der Waals surface area (Å²) in [5.74, 6) is 0.801. The summed E-state index contributed by atoms with van der Waals surface area (Å²) in [5.41, 5.74) is 0. The molecule has 0 aromatic carbocycles. The summed E-state index contributed by atoms with van der Waals surface area (Å²) in [6.07, 6.45) is 0. The quantitative estimate of drug-likeness (QED) is 0.795. The zero-order valence-electron chi connectivity index (χ0n) is 10.4. The van der Waals surface area contributed by atoms with Crippen molar-refractivity contribution in [1.82, 2.24) is 19.3 Å². The average Bonchev–Trinajstić information content (AvgIpc) is 2.57. The molecule has 1 fully saturated rings. The van der Waals surface area contributed by atoms with E-state index in [0.717, 1.165) is 5.75 Å². The molecule has 0 radical (unpaired) electrons. The van der Waals surface area contributed by atoms with E-state index >= 15 is 0 Å². The van der Waals surface area contributed by atoms with Gasteiger partial charge in [-0.15, -0.1) is 5.10 Å². The summed E-state index contributed by atoms with van der Waals surface area (Å²) in [7, 11) is -1.96. The van der Waals surface area contributed by atoms with Gasteiger partial charge in [0.1, 0.15) is 0 Å². The van der Waals surface area contributed by atoms with Crippen LogP contribution in [0.3, 0.4) is 0 Å². The van der Waals surface area contributed by atoms with Crippen LogP contribution in [0, 0.1) is 0 Å². The fourth-order valence-electron chi connectivity index (χ4n) is 1.90. The first-order valence-electron chi connectivity index (χ1n) is 5.43. The van der Waals surface area contributed by atoms with Crippen molar-refractivity contribution in [1.29, 1.82) is 0 Å². The van der Waals surface area contributed by atoms with Crippen LogP contribution in [0.25, 0.3) is 0 Å². The number of hydrogen-bond donors (Lipinski definition) is 0. The first-order chi connectivity index (χ1) is 8.24. The summed E-state index contributed by atoms with van der Waals surface area (Å²) in [6.45, 7) is 5.12. The standard InChI is InChI=1S/C9H15BrN4O2S2/c1-9(2)6-14(4-5-17-9)18(15,16)8-7(10)11-12-13(8)3/h4-6H2,1-3H3. The van der Waals surface area contributed by atoms with Gasteiger partial charge in [0, 0.05) is 30.6 Å². The first kappa shape index (κ1) is 14.3. The molecule has 0 amide bonds. The maximum absolute atomic E-state index is 12.6. The highest BCUT2D eigenvalue weighted by atomic mass is 79.9. The van der Waals surface area contributed by atoms with Crippen LogP contribution < -0.4 is 0 Å². The summed E-state index contributed by atoms with van der Waals surface area (Å²) >= 11 is 4.93. The third kappa shape index (κ3) is 2.59. The normalized spacial score (nSPS) is 21.1. The van der Waals surface area contributed by atoms with Gasteiger partial charge in [-0.1, -0.05) is 5.21 Å². The lowest BCUT2D eigenvalue weighted by Crippen LogP contribution is -2.46. The third-order valence-corrected chi connectivity index (χ3v) is 6.74. The molecule has 0 N–H and O–H groups in total. The van der Waals surface area contributed by atoms with Crippen molar-refractivity contribution in [3.8, 4) is 0 Å². The lowest BCUT2D eigenvalue weighted by atomic mass is 10.2. The van der Waals surface area contributed by atoms with Gasteiger partial charge in [0.25, 0.3) is 10.0 Å². The number of rotatable bonds is 2. The molecule has 18 heavy (non-hydrogen) atoms. The fraction of sp³-hybridized carbons (Fsp3) is 0.778. The van der Waals surface area contributed by atoms with Crippen LogP contribution >= 0.6 is 27.7 Å². The lowest BCUT2D eigenvalue weighted by Gasteiger charge is -2.36. The maximum Gasteiger partial charge on any atom is 0.263 e. The van der Waals surface area contributed by atoms with E-state index in [0.29, 0.717) is 13.1 Å². The van der Waals surface area contributed by atoms with Crippen LogP contribution in [0.15, 0.2) is 9.63 Å². The van der Waals surface area contributed by atoms with Gasteiger partial charge in [0.15, 0.2) is 4.60 Å². The van der Waals surface area contributed by atoms with Crippen molar-refractivity contribution in [2.45, 2.75) is 23.6 Å². The molecule has 0 bridgehead atoms. The number of nitrogens with zero attached hydrogens (tertiary/aromatic N) is 4. The summed E-state index contributed by atoms with van der Waals surface area (Å²) in [4.78, 5) is 0. The van der Waals surface area contributed by atoms with Crippen LogP contribution in [0.4, 0.5) is 0 Å². The van der Waals surface area contributed by atoms with Gasteiger partial charge in [-0.2, -0.15) is 16.1 Å². The van der Waals surface area contributed by atoms with Crippen LogP contribution in [-0.2, 0) is 17.1 Å². The Labute approximate surface area is 119 Å². The average molecular weight is 355 g/mol. The van der Waals surface area contributed by atoms with E-state index < -0.39 is 10.0 Å². The maximum atomic E-state index is 12.6. The van der Waals surface area contributed by atoms with Crippen molar-refractivity contribution in [2.75, 3.05) is 18.8 Å².